The molecule has 0 spiro atoms. The Morgan fingerprint density at radius 2 is 1.34 bits per heavy atom. The van der Waals surface area contributed by atoms with E-state index in [1.54, 1.807) is 18.2 Å². The van der Waals surface area contributed by atoms with E-state index in [4.69, 9.17) is 6.42 Å². The Balaban J connectivity index is 0.000000483. The van der Waals surface area contributed by atoms with Gasteiger partial charge in [0.2, 0.25) is 0 Å². The van der Waals surface area contributed by atoms with E-state index >= 15 is 0 Å². The van der Waals surface area contributed by atoms with Gasteiger partial charge in [-0.25, -0.2) is 18.0 Å². The van der Waals surface area contributed by atoms with Crippen LogP contribution in [0.15, 0.2) is 108 Å². The fraction of sp³-hybridized carbons (Fsp3) is 0. The number of rotatable bonds is 6. The molecule has 38 heavy (non-hydrogen) atoms. The highest BCUT2D eigenvalue weighted by atomic mass is 32.2. The van der Waals surface area contributed by atoms with E-state index in [1.165, 1.54) is 47.5 Å². The summed E-state index contributed by atoms with van der Waals surface area (Å²) < 4.78 is 27.8. The largest absolute Gasteiger partial charge is 0.270 e. The molecule has 9 nitrogen and oxygen atoms in total. The van der Waals surface area contributed by atoms with Crippen molar-refractivity contribution in [3.05, 3.63) is 124 Å². The zero-order chi connectivity index (χ0) is 27.3. The van der Waals surface area contributed by atoms with Crippen LogP contribution >= 0.6 is 0 Å². The van der Waals surface area contributed by atoms with Crippen LogP contribution in [0.2, 0.25) is 0 Å². The van der Waals surface area contributed by atoms with Gasteiger partial charge < -0.3 is 0 Å². The summed E-state index contributed by atoms with van der Waals surface area (Å²) in [5, 5.41) is 10.7. The van der Waals surface area contributed by atoms with Gasteiger partial charge in [0.25, 0.3) is 27.5 Å². The number of fused-ring (bicyclic) bond motifs is 1. The molecule has 0 radical (unpaired) electrons. The van der Waals surface area contributed by atoms with Crippen LogP contribution in [0.3, 0.4) is 0 Å². The second kappa shape index (κ2) is 10.8. The van der Waals surface area contributed by atoms with Gasteiger partial charge in [-0.15, -0.1) is 0 Å². The molecule has 2 aliphatic carbocycles. The summed E-state index contributed by atoms with van der Waals surface area (Å²) in [6, 6.07) is 28.5. The minimum absolute atomic E-state index is 0.106. The smallest absolute Gasteiger partial charge is 0.268 e. The van der Waals surface area contributed by atoms with E-state index in [0.29, 0.717) is 0 Å². The van der Waals surface area contributed by atoms with Gasteiger partial charge in [0.05, 0.1) is 10.6 Å². The number of anilines is 1. The van der Waals surface area contributed by atoms with Gasteiger partial charge in [-0.2, -0.15) is 0 Å². The Bertz CT molecular complexity index is 1640. The van der Waals surface area contributed by atoms with E-state index in [-0.39, 0.29) is 22.5 Å². The molecule has 2 aliphatic rings. The second-order valence-corrected chi connectivity index (χ2v) is 9.57. The third-order valence-corrected chi connectivity index (χ3v) is 6.91. The molecule has 0 saturated carbocycles. The highest BCUT2D eigenvalue weighted by Gasteiger charge is 2.27. The van der Waals surface area contributed by atoms with Gasteiger partial charge in [-0.05, 0) is 47.5 Å². The lowest BCUT2D eigenvalue weighted by Gasteiger charge is -2.19. The zero-order valence-electron chi connectivity index (χ0n) is 19.6. The first-order chi connectivity index (χ1) is 18.2. The molecule has 0 atom stereocenters. The molecule has 0 fully saturated rings. The summed E-state index contributed by atoms with van der Waals surface area (Å²) in [6.07, 6.45) is 5.50. The number of para-hydroxylation sites is 1. The number of nitro groups is 1. The number of sulfonamides is 1. The van der Waals surface area contributed by atoms with Crippen molar-refractivity contribution in [2.24, 2.45) is 0 Å². The zero-order valence-corrected chi connectivity index (χ0v) is 20.5. The lowest BCUT2D eigenvalue weighted by atomic mass is 9.95. The van der Waals surface area contributed by atoms with Crippen molar-refractivity contribution in [2.45, 2.75) is 4.90 Å². The van der Waals surface area contributed by atoms with Crippen LogP contribution in [0.5, 0.6) is 0 Å². The molecular formula is C28H19N3O6S. The molecule has 2 amide bonds. The summed E-state index contributed by atoms with van der Waals surface area (Å²) in [5.74, 6) is -1.63. The van der Waals surface area contributed by atoms with E-state index in [1.807, 2.05) is 4.72 Å². The van der Waals surface area contributed by atoms with E-state index < -0.39 is 31.7 Å². The molecule has 3 aromatic rings. The SMILES string of the molecule is C#CN(C(=O)c1ccccc1)c1ccccc1S(=O)(=O)NC(=O)c1ccc([N+](=O)[O-])cc1.c1cc2ccc1-2. The Morgan fingerprint density at radius 1 is 0.789 bits per heavy atom. The van der Waals surface area contributed by atoms with Gasteiger partial charge in [-0.1, -0.05) is 61.0 Å². The van der Waals surface area contributed by atoms with E-state index in [0.717, 1.165) is 29.2 Å². The average molecular weight is 526 g/mol. The van der Waals surface area contributed by atoms with Crippen molar-refractivity contribution in [3.63, 3.8) is 0 Å². The van der Waals surface area contributed by atoms with Crippen molar-refractivity contribution in [2.75, 3.05) is 4.90 Å². The molecule has 0 aliphatic heterocycles. The topological polar surface area (TPSA) is 127 Å². The number of carbonyl (C=O) groups excluding carboxylic acids is 2. The number of benzene rings is 4. The Labute approximate surface area is 218 Å². The van der Waals surface area contributed by atoms with Crippen molar-refractivity contribution in [3.8, 4) is 23.6 Å². The fourth-order valence-electron chi connectivity index (χ4n) is 3.45. The van der Waals surface area contributed by atoms with Crippen LogP contribution in [0.1, 0.15) is 20.7 Å². The number of nitrogens with one attached hydrogen (secondary N) is 1. The maximum absolute atomic E-state index is 12.9. The van der Waals surface area contributed by atoms with Crippen LogP contribution < -0.4 is 9.62 Å². The molecule has 3 aromatic carbocycles. The van der Waals surface area contributed by atoms with Gasteiger partial charge in [0.15, 0.2) is 0 Å². The first-order valence-corrected chi connectivity index (χ1v) is 12.6. The van der Waals surface area contributed by atoms with Gasteiger partial charge in [0.1, 0.15) is 4.90 Å². The standard InChI is InChI=1S/C22H15N3O6S.C6H4/c1-2-24(22(27)17-8-4-3-5-9-17)19-10-6-7-11-20(19)32(30,31)23-21(26)16-12-14-18(15-13-16)25(28)29;1-2-6-4-3-5(1)6/h1,3-15H,(H,23,26);1-4H. The van der Waals surface area contributed by atoms with Crippen molar-refractivity contribution >= 4 is 33.2 Å². The van der Waals surface area contributed by atoms with Gasteiger partial charge >= 0.3 is 0 Å². The van der Waals surface area contributed by atoms with Crippen LogP contribution in [0.25, 0.3) is 11.1 Å². The van der Waals surface area contributed by atoms with Crippen LogP contribution in [-0.4, -0.2) is 25.2 Å². The molecule has 0 bridgehead atoms. The predicted octanol–water partition coefficient (Wildman–Crippen LogP) is 4.62. The molecule has 0 unspecified atom stereocenters. The predicted molar refractivity (Wildman–Crippen MR) is 142 cm³/mol. The number of hydrogen-bond donors (Lipinski definition) is 1. The Morgan fingerprint density at radius 3 is 1.84 bits per heavy atom. The highest BCUT2D eigenvalue weighted by Crippen LogP contribution is 2.29. The van der Waals surface area contributed by atoms with Crippen molar-refractivity contribution in [1.82, 2.24) is 4.72 Å². The monoisotopic (exact) mass is 525 g/mol. The Hall–Kier alpha value is -5.27. The van der Waals surface area contributed by atoms with E-state index in [9.17, 15) is 28.1 Å². The normalized spacial score (nSPS) is 10.7. The third-order valence-electron chi connectivity index (χ3n) is 5.53. The van der Waals surface area contributed by atoms with Crippen molar-refractivity contribution in [1.29, 1.82) is 0 Å². The maximum Gasteiger partial charge on any atom is 0.270 e. The minimum atomic E-state index is -4.46. The molecule has 0 aromatic heterocycles. The highest BCUT2D eigenvalue weighted by molar-refractivity contribution is 7.90. The Kier molecular flexibility index (Phi) is 7.32. The van der Waals surface area contributed by atoms with Crippen LogP contribution in [0.4, 0.5) is 11.4 Å². The maximum atomic E-state index is 12.9. The summed E-state index contributed by atoms with van der Waals surface area (Å²) in [6.45, 7) is 0. The summed E-state index contributed by atoms with van der Waals surface area (Å²) in [4.78, 5) is 35.8. The molecule has 10 heteroatoms. The third kappa shape index (κ3) is 5.43. The first kappa shape index (κ1) is 25.8. The summed E-state index contributed by atoms with van der Waals surface area (Å²) in [7, 11) is -4.46. The van der Waals surface area contributed by atoms with Gasteiger partial charge in [0, 0.05) is 29.3 Å². The summed E-state index contributed by atoms with van der Waals surface area (Å²) in [5.41, 5.74) is 2.62. The average Bonchev–Trinajstić information content (AvgIpc) is 2.92. The number of hydrogen-bond acceptors (Lipinski definition) is 6. The number of terminal acetylenes is 1. The fourth-order valence-corrected chi connectivity index (χ4v) is 4.61. The molecule has 5 rings (SSSR count). The number of nitrogens with zero attached hydrogens (tertiary/aromatic N) is 2. The number of nitro benzene ring substituents is 1. The lowest BCUT2D eigenvalue weighted by molar-refractivity contribution is -0.384. The number of carbonyl (C=O) groups is 2. The molecular weight excluding hydrogens is 506 g/mol. The molecule has 0 heterocycles. The molecule has 188 valence electrons. The molecule has 1 N–H and O–H groups in total. The first-order valence-electron chi connectivity index (χ1n) is 11.1. The van der Waals surface area contributed by atoms with Crippen LogP contribution in [0, 0.1) is 22.6 Å². The van der Waals surface area contributed by atoms with Crippen molar-refractivity contribution < 1.29 is 22.9 Å². The lowest BCUT2D eigenvalue weighted by Crippen LogP contribution is -2.33. The number of amides is 2. The summed E-state index contributed by atoms with van der Waals surface area (Å²) >= 11 is 0. The van der Waals surface area contributed by atoms with E-state index in [2.05, 4.69) is 30.3 Å². The van der Waals surface area contributed by atoms with Crippen LogP contribution in [-0.2, 0) is 10.0 Å². The second-order valence-electron chi connectivity index (χ2n) is 7.92. The number of non-ortho nitro benzene ring substituents is 1. The minimum Gasteiger partial charge on any atom is -0.268 e. The van der Waals surface area contributed by atoms with Gasteiger partial charge in [-0.3, -0.25) is 19.7 Å². The molecule has 0 saturated heterocycles. The quantitative estimate of drug-likeness (QED) is 0.149.